The van der Waals surface area contributed by atoms with E-state index in [2.05, 4.69) is 26.3 Å². The summed E-state index contributed by atoms with van der Waals surface area (Å²) >= 11 is 5.04. The average Bonchev–Trinajstić information content (AvgIpc) is 3.10. The number of carbonyl (C=O) groups excluding carboxylic acids is 1. The number of thiophene rings is 1. The Morgan fingerprint density at radius 2 is 2.27 bits per heavy atom. The zero-order valence-electron chi connectivity index (χ0n) is 11.7. The molecule has 0 saturated heterocycles. The van der Waals surface area contributed by atoms with Crippen molar-refractivity contribution >= 4 is 44.5 Å². The van der Waals surface area contributed by atoms with Crippen LogP contribution in [-0.4, -0.2) is 22.1 Å². The third-order valence-corrected chi connectivity index (χ3v) is 5.14. The number of halogens is 1. The molecule has 0 aliphatic carbocycles. The van der Waals surface area contributed by atoms with Crippen LogP contribution >= 0.6 is 27.3 Å². The SMILES string of the molecule is NCC(CC(=O)Nc1cc2ccccn2n1)c1ccc(Br)s1. The number of fused-ring (bicyclic) bond motifs is 1. The van der Waals surface area contributed by atoms with Gasteiger partial charge >= 0.3 is 0 Å². The molecule has 3 aromatic rings. The van der Waals surface area contributed by atoms with E-state index in [4.69, 9.17) is 5.73 Å². The zero-order valence-corrected chi connectivity index (χ0v) is 14.1. The smallest absolute Gasteiger partial charge is 0.226 e. The fourth-order valence-electron chi connectivity index (χ4n) is 2.26. The van der Waals surface area contributed by atoms with Gasteiger partial charge < -0.3 is 11.1 Å². The summed E-state index contributed by atoms with van der Waals surface area (Å²) in [6, 6.07) is 11.6. The number of amides is 1. The first-order chi connectivity index (χ1) is 10.7. The molecule has 3 heterocycles. The van der Waals surface area contributed by atoms with Gasteiger partial charge in [0.05, 0.1) is 9.30 Å². The van der Waals surface area contributed by atoms with Crippen molar-refractivity contribution in [3.63, 3.8) is 0 Å². The number of nitrogens with two attached hydrogens (primary N) is 1. The molecular formula is C15H15BrN4OS. The van der Waals surface area contributed by atoms with Gasteiger partial charge in [0, 0.05) is 36.0 Å². The van der Waals surface area contributed by atoms with Gasteiger partial charge in [-0.25, -0.2) is 4.52 Å². The van der Waals surface area contributed by atoms with Crippen molar-refractivity contribution in [2.24, 2.45) is 5.73 Å². The molecule has 0 aromatic carbocycles. The molecule has 7 heteroatoms. The lowest BCUT2D eigenvalue weighted by Crippen LogP contribution is -2.20. The Kier molecular flexibility index (Phi) is 4.56. The van der Waals surface area contributed by atoms with Crippen LogP contribution in [-0.2, 0) is 4.79 Å². The Morgan fingerprint density at radius 1 is 1.41 bits per heavy atom. The van der Waals surface area contributed by atoms with Crippen LogP contribution in [0.25, 0.3) is 5.52 Å². The van der Waals surface area contributed by atoms with Gasteiger partial charge in [0.25, 0.3) is 0 Å². The monoisotopic (exact) mass is 378 g/mol. The Bertz CT molecular complexity index is 765. The molecule has 3 N–H and O–H groups in total. The Labute approximate surface area is 140 Å². The fraction of sp³-hybridized carbons (Fsp3) is 0.200. The first-order valence-corrected chi connectivity index (χ1v) is 8.46. The predicted octanol–water partition coefficient (Wildman–Crippen LogP) is 3.23. The maximum Gasteiger partial charge on any atom is 0.226 e. The van der Waals surface area contributed by atoms with Gasteiger partial charge in [-0.3, -0.25) is 4.79 Å². The van der Waals surface area contributed by atoms with Gasteiger partial charge in [0.1, 0.15) is 0 Å². The number of anilines is 1. The third kappa shape index (κ3) is 3.37. The van der Waals surface area contributed by atoms with E-state index in [1.165, 1.54) is 0 Å². The number of hydrogen-bond donors (Lipinski definition) is 2. The van der Waals surface area contributed by atoms with Crippen molar-refractivity contribution in [2.45, 2.75) is 12.3 Å². The van der Waals surface area contributed by atoms with Gasteiger partial charge in [-0.1, -0.05) is 6.07 Å². The lowest BCUT2D eigenvalue weighted by molar-refractivity contribution is -0.116. The molecule has 0 radical (unpaired) electrons. The first-order valence-electron chi connectivity index (χ1n) is 6.85. The van der Waals surface area contributed by atoms with E-state index in [-0.39, 0.29) is 11.8 Å². The second kappa shape index (κ2) is 6.60. The fourth-order valence-corrected chi connectivity index (χ4v) is 3.80. The Balaban J connectivity index is 1.68. The molecule has 3 aromatic heterocycles. The summed E-state index contributed by atoms with van der Waals surface area (Å²) < 4.78 is 2.77. The standard InChI is InChI=1S/C15H15BrN4OS/c16-13-5-4-12(22-13)10(9-17)7-15(21)18-14-8-11-3-1-2-6-20(11)19-14/h1-6,8,10H,7,9,17H2,(H,18,19,21). The van der Waals surface area contributed by atoms with Crippen molar-refractivity contribution in [3.05, 3.63) is 51.3 Å². The number of rotatable bonds is 5. The molecule has 0 saturated carbocycles. The summed E-state index contributed by atoms with van der Waals surface area (Å²) in [6.45, 7) is 0.436. The summed E-state index contributed by atoms with van der Waals surface area (Å²) in [5.74, 6) is 0.496. The van der Waals surface area contributed by atoms with Crippen LogP contribution in [0, 0.1) is 0 Å². The quantitative estimate of drug-likeness (QED) is 0.715. The number of nitrogens with one attached hydrogen (secondary N) is 1. The van der Waals surface area contributed by atoms with E-state index in [9.17, 15) is 4.79 Å². The third-order valence-electron chi connectivity index (χ3n) is 3.35. The van der Waals surface area contributed by atoms with Crippen LogP contribution in [0.4, 0.5) is 5.82 Å². The lowest BCUT2D eigenvalue weighted by Gasteiger charge is -2.11. The minimum absolute atomic E-state index is 0.0216. The molecular weight excluding hydrogens is 364 g/mol. The second-order valence-corrected chi connectivity index (χ2v) is 7.42. The van der Waals surface area contributed by atoms with E-state index in [1.807, 2.05) is 42.6 Å². The second-order valence-electron chi connectivity index (χ2n) is 4.93. The number of pyridine rings is 1. The molecule has 0 aliphatic rings. The van der Waals surface area contributed by atoms with Crippen LogP contribution in [0.15, 0.2) is 46.4 Å². The summed E-state index contributed by atoms with van der Waals surface area (Å²) in [4.78, 5) is 13.3. The molecule has 0 fully saturated rings. The molecule has 1 amide bonds. The van der Waals surface area contributed by atoms with Crippen LogP contribution in [0.1, 0.15) is 17.2 Å². The highest BCUT2D eigenvalue weighted by molar-refractivity contribution is 9.11. The molecule has 0 bridgehead atoms. The maximum absolute atomic E-state index is 12.2. The minimum Gasteiger partial charge on any atom is -0.330 e. The summed E-state index contributed by atoms with van der Waals surface area (Å²) in [5.41, 5.74) is 6.75. The van der Waals surface area contributed by atoms with Gasteiger partial charge in [0.15, 0.2) is 5.82 Å². The van der Waals surface area contributed by atoms with E-state index in [1.54, 1.807) is 15.9 Å². The zero-order chi connectivity index (χ0) is 15.5. The first kappa shape index (κ1) is 15.2. The van der Waals surface area contributed by atoms with Crippen molar-refractivity contribution in [2.75, 3.05) is 11.9 Å². The lowest BCUT2D eigenvalue weighted by atomic mass is 10.0. The Hall–Kier alpha value is -1.70. The van der Waals surface area contributed by atoms with Crippen LogP contribution in [0.3, 0.4) is 0 Å². The molecule has 3 rings (SSSR count). The van der Waals surface area contributed by atoms with Gasteiger partial charge in [0.2, 0.25) is 5.91 Å². The van der Waals surface area contributed by atoms with Crippen LogP contribution < -0.4 is 11.1 Å². The van der Waals surface area contributed by atoms with E-state index < -0.39 is 0 Å². The number of carbonyl (C=O) groups is 1. The van der Waals surface area contributed by atoms with Crippen molar-refractivity contribution < 1.29 is 4.79 Å². The summed E-state index contributed by atoms with van der Waals surface area (Å²) in [7, 11) is 0. The number of nitrogens with zero attached hydrogens (tertiary/aromatic N) is 2. The molecule has 1 atom stereocenters. The Morgan fingerprint density at radius 3 is 2.95 bits per heavy atom. The molecule has 0 aliphatic heterocycles. The average molecular weight is 379 g/mol. The molecule has 1 unspecified atom stereocenters. The van der Waals surface area contributed by atoms with Gasteiger partial charge in [-0.15, -0.1) is 11.3 Å². The number of hydrogen-bond acceptors (Lipinski definition) is 4. The highest BCUT2D eigenvalue weighted by Gasteiger charge is 2.17. The molecule has 114 valence electrons. The van der Waals surface area contributed by atoms with Gasteiger partial charge in [-0.05, 0) is 40.2 Å². The minimum atomic E-state index is -0.0802. The highest BCUT2D eigenvalue weighted by Crippen LogP contribution is 2.30. The normalized spacial score (nSPS) is 12.5. The summed E-state index contributed by atoms with van der Waals surface area (Å²) in [5, 5.41) is 7.15. The van der Waals surface area contributed by atoms with E-state index in [0.717, 1.165) is 14.2 Å². The molecule has 0 spiro atoms. The predicted molar refractivity (Wildman–Crippen MR) is 92.3 cm³/mol. The largest absolute Gasteiger partial charge is 0.330 e. The van der Waals surface area contributed by atoms with E-state index in [0.29, 0.717) is 18.8 Å². The van der Waals surface area contributed by atoms with Crippen LogP contribution in [0.2, 0.25) is 0 Å². The van der Waals surface area contributed by atoms with Crippen LogP contribution in [0.5, 0.6) is 0 Å². The topological polar surface area (TPSA) is 72.4 Å². The van der Waals surface area contributed by atoms with Crippen molar-refractivity contribution in [1.29, 1.82) is 0 Å². The van der Waals surface area contributed by atoms with Crippen molar-refractivity contribution in [1.82, 2.24) is 9.61 Å². The molecule has 22 heavy (non-hydrogen) atoms. The summed E-state index contributed by atoms with van der Waals surface area (Å²) in [6.07, 6.45) is 2.19. The van der Waals surface area contributed by atoms with Crippen molar-refractivity contribution in [3.8, 4) is 0 Å². The molecule has 5 nitrogen and oxygen atoms in total. The van der Waals surface area contributed by atoms with Gasteiger partial charge in [-0.2, -0.15) is 5.10 Å². The maximum atomic E-state index is 12.2. The highest BCUT2D eigenvalue weighted by atomic mass is 79.9. The number of aromatic nitrogens is 2. The van der Waals surface area contributed by atoms with E-state index >= 15 is 0 Å².